The summed E-state index contributed by atoms with van der Waals surface area (Å²) >= 11 is 7.20. The van der Waals surface area contributed by atoms with Crippen molar-refractivity contribution in [2.24, 2.45) is 5.41 Å². The van der Waals surface area contributed by atoms with Crippen molar-refractivity contribution >= 4 is 31.9 Å². The van der Waals surface area contributed by atoms with Crippen LogP contribution in [0.3, 0.4) is 0 Å². The standard InChI is InChI=1S/C13H19Br2N/c1-13(2,3)12(15)6-4-5-10-7-11(14)9-16-8-10/h7-9,12H,4-6H2,1-3H3. The topological polar surface area (TPSA) is 12.9 Å². The van der Waals surface area contributed by atoms with Crippen LogP contribution in [0, 0.1) is 5.41 Å². The van der Waals surface area contributed by atoms with Crippen LogP contribution in [-0.2, 0) is 6.42 Å². The first-order valence-electron chi connectivity index (χ1n) is 5.63. The lowest BCUT2D eigenvalue weighted by molar-refractivity contribution is 0.380. The van der Waals surface area contributed by atoms with Crippen LogP contribution < -0.4 is 0 Å². The van der Waals surface area contributed by atoms with Crippen molar-refractivity contribution in [2.45, 2.75) is 44.9 Å². The summed E-state index contributed by atoms with van der Waals surface area (Å²) in [7, 11) is 0. The van der Waals surface area contributed by atoms with E-state index in [1.807, 2.05) is 12.4 Å². The summed E-state index contributed by atoms with van der Waals surface area (Å²) in [5, 5.41) is 0. The molecule has 1 rings (SSSR count). The fourth-order valence-corrected chi connectivity index (χ4v) is 2.25. The maximum Gasteiger partial charge on any atom is 0.0410 e. The molecule has 0 bridgehead atoms. The van der Waals surface area contributed by atoms with Crippen LogP contribution >= 0.6 is 31.9 Å². The fourth-order valence-electron chi connectivity index (χ4n) is 1.51. The molecule has 1 aromatic heterocycles. The zero-order valence-electron chi connectivity index (χ0n) is 10.1. The van der Waals surface area contributed by atoms with Gasteiger partial charge in [-0.25, -0.2) is 0 Å². The van der Waals surface area contributed by atoms with Crippen LogP contribution in [-0.4, -0.2) is 9.81 Å². The lowest BCUT2D eigenvalue weighted by Crippen LogP contribution is -2.20. The van der Waals surface area contributed by atoms with Crippen molar-refractivity contribution in [3.8, 4) is 0 Å². The molecule has 0 aliphatic rings. The van der Waals surface area contributed by atoms with Crippen LogP contribution in [0.25, 0.3) is 0 Å². The van der Waals surface area contributed by atoms with Gasteiger partial charge >= 0.3 is 0 Å². The van der Waals surface area contributed by atoms with Crippen molar-refractivity contribution < 1.29 is 0 Å². The first-order valence-corrected chi connectivity index (χ1v) is 7.34. The summed E-state index contributed by atoms with van der Waals surface area (Å²) in [6, 6.07) is 2.15. The minimum absolute atomic E-state index is 0.343. The van der Waals surface area contributed by atoms with Gasteiger partial charge in [0.25, 0.3) is 0 Å². The van der Waals surface area contributed by atoms with Crippen LogP contribution in [0.15, 0.2) is 22.9 Å². The van der Waals surface area contributed by atoms with E-state index < -0.39 is 0 Å². The Kier molecular flexibility index (Phi) is 5.45. The first-order chi connectivity index (χ1) is 7.39. The number of rotatable bonds is 4. The number of pyridine rings is 1. The van der Waals surface area contributed by atoms with Gasteiger partial charge in [0.2, 0.25) is 0 Å². The number of aryl methyl sites for hydroxylation is 1. The van der Waals surface area contributed by atoms with E-state index in [-0.39, 0.29) is 0 Å². The summed E-state index contributed by atoms with van der Waals surface area (Å²) in [5.41, 5.74) is 1.65. The maximum atomic E-state index is 4.17. The predicted octanol–water partition coefficient (Wildman–Crippen LogP) is 4.98. The second-order valence-electron chi connectivity index (χ2n) is 5.24. The van der Waals surface area contributed by atoms with Gasteiger partial charge in [0.05, 0.1) is 0 Å². The van der Waals surface area contributed by atoms with Gasteiger partial charge in [-0.3, -0.25) is 4.98 Å². The van der Waals surface area contributed by atoms with Crippen molar-refractivity contribution in [3.63, 3.8) is 0 Å². The number of hydrogen-bond acceptors (Lipinski definition) is 1. The Morgan fingerprint density at radius 3 is 2.56 bits per heavy atom. The molecule has 1 unspecified atom stereocenters. The normalized spacial score (nSPS) is 13.8. The molecule has 16 heavy (non-hydrogen) atoms. The average Bonchev–Trinajstić information content (AvgIpc) is 2.16. The Bertz CT molecular complexity index is 331. The summed E-state index contributed by atoms with van der Waals surface area (Å²) in [4.78, 5) is 4.76. The van der Waals surface area contributed by atoms with E-state index in [1.165, 1.54) is 18.4 Å². The predicted molar refractivity (Wildman–Crippen MR) is 77.0 cm³/mol. The van der Waals surface area contributed by atoms with Gasteiger partial charge in [0.1, 0.15) is 0 Å². The Morgan fingerprint density at radius 1 is 1.31 bits per heavy atom. The molecule has 90 valence electrons. The molecule has 1 atom stereocenters. The van der Waals surface area contributed by atoms with E-state index in [9.17, 15) is 0 Å². The molecule has 1 heterocycles. The lowest BCUT2D eigenvalue weighted by Gasteiger charge is -2.25. The third kappa shape index (κ3) is 4.96. The van der Waals surface area contributed by atoms with Gasteiger partial charge < -0.3 is 0 Å². The van der Waals surface area contributed by atoms with E-state index in [2.05, 4.69) is 63.7 Å². The van der Waals surface area contributed by atoms with Gasteiger partial charge in [-0.2, -0.15) is 0 Å². The van der Waals surface area contributed by atoms with Gasteiger partial charge in [-0.05, 0) is 52.2 Å². The molecule has 0 spiro atoms. The molecule has 0 fully saturated rings. The third-order valence-corrected chi connectivity index (χ3v) is 4.89. The number of aromatic nitrogens is 1. The van der Waals surface area contributed by atoms with Crippen LogP contribution in [0.2, 0.25) is 0 Å². The van der Waals surface area contributed by atoms with Crippen molar-refractivity contribution in [2.75, 3.05) is 0 Å². The molecule has 1 nitrogen and oxygen atoms in total. The summed E-state index contributed by atoms with van der Waals surface area (Å²) in [5.74, 6) is 0. The fraction of sp³-hybridized carbons (Fsp3) is 0.615. The van der Waals surface area contributed by atoms with Gasteiger partial charge in [-0.15, -0.1) is 0 Å². The Labute approximate surface area is 115 Å². The summed E-state index contributed by atoms with van der Waals surface area (Å²) in [6.45, 7) is 6.81. The molecular weight excluding hydrogens is 330 g/mol. The minimum Gasteiger partial charge on any atom is -0.263 e. The third-order valence-electron chi connectivity index (χ3n) is 2.62. The van der Waals surface area contributed by atoms with Gasteiger partial charge in [0, 0.05) is 21.7 Å². The van der Waals surface area contributed by atoms with Crippen molar-refractivity contribution in [1.29, 1.82) is 0 Å². The molecule has 0 aromatic carbocycles. The molecule has 0 saturated heterocycles. The SMILES string of the molecule is CC(C)(C)C(Br)CCCc1cncc(Br)c1. The molecule has 0 N–H and O–H groups in total. The minimum atomic E-state index is 0.343. The molecule has 0 radical (unpaired) electrons. The number of halogens is 2. The monoisotopic (exact) mass is 347 g/mol. The number of hydrogen-bond donors (Lipinski definition) is 0. The smallest absolute Gasteiger partial charge is 0.0410 e. The summed E-state index contributed by atoms with van der Waals surface area (Å²) in [6.07, 6.45) is 7.28. The molecule has 0 aliphatic carbocycles. The molecule has 3 heteroatoms. The quantitative estimate of drug-likeness (QED) is 0.699. The van der Waals surface area contributed by atoms with Crippen molar-refractivity contribution in [3.05, 3.63) is 28.5 Å². The van der Waals surface area contributed by atoms with Crippen LogP contribution in [0.5, 0.6) is 0 Å². The lowest BCUT2D eigenvalue weighted by atomic mass is 9.89. The number of nitrogens with zero attached hydrogens (tertiary/aromatic N) is 1. The van der Waals surface area contributed by atoms with Crippen molar-refractivity contribution in [1.82, 2.24) is 4.98 Å². The van der Waals surface area contributed by atoms with Gasteiger partial charge in [0.15, 0.2) is 0 Å². The molecular formula is C13H19Br2N. The van der Waals surface area contributed by atoms with E-state index in [0.717, 1.165) is 10.9 Å². The second-order valence-corrected chi connectivity index (χ2v) is 7.26. The Morgan fingerprint density at radius 2 is 2.00 bits per heavy atom. The highest BCUT2D eigenvalue weighted by molar-refractivity contribution is 9.10. The van der Waals surface area contributed by atoms with Gasteiger partial charge in [-0.1, -0.05) is 36.7 Å². The highest BCUT2D eigenvalue weighted by Gasteiger charge is 2.20. The number of alkyl halides is 1. The second kappa shape index (κ2) is 6.15. The summed E-state index contributed by atoms with van der Waals surface area (Å²) < 4.78 is 1.07. The molecule has 0 aliphatic heterocycles. The first kappa shape index (κ1) is 14.2. The largest absolute Gasteiger partial charge is 0.263 e. The van der Waals surface area contributed by atoms with E-state index in [1.54, 1.807) is 0 Å². The van der Waals surface area contributed by atoms with Crippen LogP contribution in [0.1, 0.15) is 39.2 Å². The highest BCUT2D eigenvalue weighted by atomic mass is 79.9. The average molecular weight is 349 g/mol. The molecule has 0 amide bonds. The zero-order chi connectivity index (χ0) is 12.2. The van der Waals surface area contributed by atoms with E-state index >= 15 is 0 Å². The van der Waals surface area contributed by atoms with E-state index in [0.29, 0.717) is 10.2 Å². The maximum absolute atomic E-state index is 4.17. The van der Waals surface area contributed by atoms with E-state index in [4.69, 9.17) is 0 Å². The van der Waals surface area contributed by atoms with Crippen LogP contribution in [0.4, 0.5) is 0 Å². The molecule has 1 aromatic rings. The zero-order valence-corrected chi connectivity index (χ0v) is 13.3. The Balaban J connectivity index is 2.36. The highest BCUT2D eigenvalue weighted by Crippen LogP contribution is 2.30. The molecule has 0 saturated carbocycles. The Hall–Kier alpha value is 0.110.